The Balaban J connectivity index is 1.29. The molecule has 0 radical (unpaired) electrons. The van der Waals surface area contributed by atoms with E-state index in [1.165, 1.54) is 49.2 Å². The van der Waals surface area contributed by atoms with Gasteiger partial charge in [0, 0.05) is 57.9 Å². The average molecular weight is 704 g/mol. The Labute approximate surface area is 316 Å². The summed E-state index contributed by atoms with van der Waals surface area (Å²) in [7, 11) is 0. The largest absolute Gasteiger partial charge is 0.296 e. The highest BCUT2D eigenvalue weighted by molar-refractivity contribution is 6.98. The summed E-state index contributed by atoms with van der Waals surface area (Å²) in [6.07, 6.45) is 7.38. The summed E-state index contributed by atoms with van der Waals surface area (Å²) in [4.78, 5) is 22.3. The van der Waals surface area contributed by atoms with E-state index in [2.05, 4.69) is 129 Å². The lowest BCUT2D eigenvalue weighted by Gasteiger charge is -2.37. The number of anilines is 3. The summed E-state index contributed by atoms with van der Waals surface area (Å²) in [5.74, 6) is 1.42. The molecular formula is C47H30BN7. The van der Waals surface area contributed by atoms with Crippen LogP contribution < -0.4 is 21.4 Å². The van der Waals surface area contributed by atoms with E-state index < -0.39 is 0 Å². The molecule has 0 spiro atoms. The first kappa shape index (κ1) is 30.2. The van der Waals surface area contributed by atoms with E-state index in [1.807, 2.05) is 61.2 Å². The summed E-state index contributed by atoms with van der Waals surface area (Å²) < 4.78 is 4.97. The van der Waals surface area contributed by atoms with Gasteiger partial charge in [0.25, 0.3) is 6.71 Å². The second kappa shape index (κ2) is 11.6. The molecule has 12 rings (SSSR count). The molecule has 5 aromatic heterocycles. The van der Waals surface area contributed by atoms with Crippen LogP contribution in [0.5, 0.6) is 0 Å². The summed E-state index contributed by atoms with van der Waals surface area (Å²) in [6.45, 7) is -0.118. The topological polar surface area (TPSA) is 64.7 Å². The van der Waals surface area contributed by atoms with Gasteiger partial charge < -0.3 is 0 Å². The van der Waals surface area contributed by atoms with Crippen LogP contribution >= 0.6 is 0 Å². The Morgan fingerprint density at radius 2 is 1.25 bits per heavy atom. The molecule has 7 nitrogen and oxygen atoms in total. The van der Waals surface area contributed by atoms with Crippen LogP contribution in [0.1, 0.15) is 22.7 Å². The van der Waals surface area contributed by atoms with Crippen LogP contribution in [0.25, 0.3) is 44.2 Å². The molecule has 0 saturated carbocycles. The smallest absolute Gasteiger partial charge is 0.272 e. The molecule has 55 heavy (non-hydrogen) atoms. The molecule has 8 heteroatoms. The summed E-state index contributed by atoms with van der Waals surface area (Å²) in [5, 5.41) is 3.68. The first-order chi connectivity index (χ1) is 27.3. The van der Waals surface area contributed by atoms with Crippen molar-refractivity contribution in [3.63, 3.8) is 0 Å². The van der Waals surface area contributed by atoms with Gasteiger partial charge in [0.2, 0.25) is 0 Å². The van der Waals surface area contributed by atoms with Crippen molar-refractivity contribution < 1.29 is 0 Å². The number of rotatable bonds is 5. The predicted molar refractivity (Wildman–Crippen MR) is 222 cm³/mol. The maximum Gasteiger partial charge on any atom is 0.272 e. The molecule has 7 heterocycles. The summed E-state index contributed by atoms with van der Waals surface area (Å²) in [6, 6.07) is 53.8. The molecule has 2 aliphatic rings. The zero-order chi connectivity index (χ0) is 36.0. The number of benzene rings is 5. The predicted octanol–water partition coefficient (Wildman–Crippen LogP) is 8.10. The van der Waals surface area contributed by atoms with Gasteiger partial charge in [-0.1, -0.05) is 97.1 Å². The van der Waals surface area contributed by atoms with E-state index in [0.717, 1.165) is 45.6 Å². The van der Waals surface area contributed by atoms with Crippen LogP contribution in [0, 0.1) is 0 Å². The van der Waals surface area contributed by atoms with Crippen LogP contribution in [-0.4, -0.2) is 35.8 Å². The Bertz CT molecular complexity index is 3070. The van der Waals surface area contributed by atoms with Crippen molar-refractivity contribution in [3.05, 3.63) is 193 Å². The highest BCUT2D eigenvalue weighted by Crippen LogP contribution is 2.45. The molecule has 0 N–H and O–H groups in total. The number of hydrogen-bond donors (Lipinski definition) is 0. The van der Waals surface area contributed by atoms with Gasteiger partial charge in [-0.2, -0.15) is 0 Å². The lowest BCUT2D eigenvalue weighted by Crippen LogP contribution is -2.62. The molecule has 0 aliphatic carbocycles. The monoisotopic (exact) mass is 703 g/mol. The molecule has 0 fully saturated rings. The Morgan fingerprint density at radius 1 is 0.564 bits per heavy atom. The van der Waals surface area contributed by atoms with Gasteiger partial charge in [-0.25, -0.2) is 9.97 Å². The molecule has 0 saturated heterocycles. The maximum atomic E-state index is 5.18. The number of pyridine rings is 2. The minimum Gasteiger partial charge on any atom is -0.296 e. The van der Waals surface area contributed by atoms with Gasteiger partial charge in [-0.3, -0.25) is 24.0 Å². The van der Waals surface area contributed by atoms with Crippen molar-refractivity contribution in [1.82, 2.24) is 29.1 Å². The molecule has 0 bridgehead atoms. The second-order valence-electron chi connectivity index (χ2n) is 14.2. The van der Waals surface area contributed by atoms with Gasteiger partial charge in [-0.05, 0) is 76.6 Å². The number of para-hydroxylation sites is 3. The van der Waals surface area contributed by atoms with Gasteiger partial charge in [0.05, 0.1) is 28.3 Å². The number of aromatic nitrogens is 6. The van der Waals surface area contributed by atoms with Gasteiger partial charge >= 0.3 is 0 Å². The first-order valence-corrected chi connectivity index (χ1v) is 18.6. The highest BCUT2D eigenvalue weighted by Gasteiger charge is 2.45. The molecule has 2 aliphatic heterocycles. The SMILES string of the molecule is c1ccc(C2c3cc(N(c4ccccn4)c4ccccn4)cc4c3B(c3nccnc32)c2cccc3c5c6ccccc6n(-c6ccccc6)c5n-4c23)cc1. The fraction of sp³-hybridized carbons (Fsp3) is 0.0213. The van der Waals surface area contributed by atoms with E-state index in [9.17, 15) is 0 Å². The lowest BCUT2D eigenvalue weighted by atomic mass is 9.33. The summed E-state index contributed by atoms with van der Waals surface area (Å²) >= 11 is 0. The molecule has 256 valence electrons. The molecule has 1 unspecified atom stereocenters. The number of hydrogen-bond acceptors (Lipinski definition) is 5. The molecule has 0 amide bonds. The third-order valence-electron chi connectivity index (χ3n) is 11.4. The van der Waals surface area contributed by atoms with Crippen LogP contribution in [-0.2, 0) is 0 Å². The second-order valence-corrected chi connectivity index (χ2v) is 14.2. The molecule has 1 atom stereocenters. The zero-order valence-corrected chi connectivity index (χ0v) is 29.5. The van der Waals surface area contributed by atoms with E-state index in [-0.39, 0.29) is 12.6 Å². The van der Waals surface area contributed by atoms with E-state index >= 15 is 0 Å². The van der Waals surface area contributed by atoms with Crippen LogP contribution in [0.3, 0.4) is 0 Å². The highest BCUT2D eigenvalue weighted by atomic mass is 15.2. The zero-order valence-electron chi connectivity index (χ0n) is 29.5. The van der Waals surface area contributed by atoms with Crippen LogP contribution in [0.4, 0.5) is 17.3 Å². The molecule has 5 aromatic carbocycles. The Kier molecular flexibility index (Phi) is 6.36. The van der Waals surface area contributed by atoms with Crippen molar-refractivity contribution in [2.45, 2.75) is 5.92 Å². The number of nitrogens with zero attached hydrogens (tertiary/aromatic N) is 7. The van der Waals surface area contributed by atoms with E-state index in [4.69, 9.17) is 19.9 Å². The fourth-order valence-corrected chi connectivity index (χ4v) is 9.37. The number of fused-ring (bicyclic) bond motifs is 9. The quantitative estimate of drug-likeness (QED) is 0.170. The first-order valence-electron chi connectivity index (χ1n) is 18.6. The lowest BCUT2D eigenvalue weighted by molar-refractivity contribution is 0.908. The molecular weight excluding hydrogens is 673 g/mol. The standard InChI is InChI=1S/C47H30BN7/c1-3-14-30(15-4-1)41-35-28-32(54(39-22-9-11-24-49-39)40-23-10-12-25-50-40)29-38-43(35)48(46-44(41)51-26-27-52-46)36-20-13-19-34-42-33-18-7-8-21-37(33)53(31-16-5-2-6-17-31)47(42)55(38)45(34)36/h1-29,41H. The van der Waals surface area contributed by atoms with Crippen molar-refractivity contribution in [3.8, 4) is 11.4 Å². The van der Waals surface area contributed by atoms with Crippen LogP contribution in [0.2, 0.25) is 0 Å². The van der Waals surface area contributed by atoms with E-state index in [1.54, 1.807) is 0 Å². The maximum absolute atomic E-state index is 5.18. The Morgan fingerprint density at radius 3 is 2.02 bits per heavy atom. The van der Waals surface area contributed by atoms with Crippen molar-refractivity contribution >= 4 is 73.4 Å². The third kappa shape index (κ3) is 4.22. The van der Waals surface area contributed by atoms with Crippen molar-refractivity contribution in [1.29, 1.82) is 0 Å². The Hall–Kier alpha value is -7.32. The fourth-order valence-electron chi connectivity index (χ4n) is 9.37. The minimum atomic E-state index is -0.157. The van der Waals surface area contributed by atoms with Gasteiger partial charge in [0.15, 0.2) is 0 Å². The minimum absolute atomic E-state index is 0.118. The third-order valence-corrected chi connectivity index (χ3v) is 11.4. The normalized spacial score (nSPS) is 14.0. The average Bonchev–Trinajstić information content (AvgIpc) is 3.77. The van der Waals surface area contributed by atoms with Crippen molar-refractivity contribution in [2.24, 2.45) is 0 Å². The van der Waals surface area contributed by atoms with Crippen LogP contribution in [0.15, 0.2) is 176 Å². The van der Waals surface area contributed by atoms with E-state index in [0.29, 0.717) is 0 Å². The summed E-state index contributed by atoms with van der Waals surface area (Å²) in [5.41, 5.74) is 13.5. The van der Waals surface area contributed by atoms with Gasteiger partial charge in [0.1, 0.15) is 17.3 Å². The van der Waals surface area contributed by atoms with Crippen molar-refractivity contribution in [2.75, 3.05) is 4.90 Å². The molecule has 10 aromatic rings. The van der Waals surface area contributed by atoms with Gasteiger partial charge in [-0.15, -0.1) is 0 Å².